The maximum absolute atomic E-state index is 10.1. The van der Waals surface area contributed by atoms with Gasteiger partial charge in [-0.1, -0.05) is 68.0 Å². The first-order valence-electron chi connectivity index (χ1n) is 16.1. The number of benzene rings is 3. The lowest BCUT2D eigenvalue weighted by molar-refractivity contribution is 0.195. The molecule has 38 heavy (non-hydrogen) atoms. The van der Waals surface area contributed by atoms with E-state index in [1.54, 1.807) is 5.56 Å². The minimum Gasteiger partial charge on any atom is -0.338 e. The van der Waals surface area contributed by atoms with Crippen molar-refractivity contribution < 1.29 is 2.74 Å². The Kier molecular flexibility index (Phi) is 3.68. The fourth-order valence-electron chi connectivity index (χ4n) is 9.84. The summed E-state index contributed by atoms with van der Waals surface area (Å²) in [6, 6.07) is 13.5. The van der Waals surface area contributed by atoms with E-state index in [2.05, 4.69) is 80.8 Å². The van der Waals surface area contributed by atoms with Crippen LogP contribution in [0.4, 0.5) is 22.7 Å². The van der Waals surface area contributed by atoms with Gasteiger partial charge in [-0.25, -0.2) is 0 Å². The second-order valence-corrected chi connectivity index (χ2v) is 13.8. The number of nitrogens with zero attached hydrogens (tertiary/aromatic N) is 2. The molecule has 2 aliphatic carbocycles. The summed E-state index contributed by atoms with van der Waals surface area (Å²) < 4.78 is 20.1. The summed E-state index contributed by atoms with van der Waals surface area (Å²) >= 11 is 0. The van der Waals surface area contributed by atoms with Crippen molar-refractivity contribution in [3.63, 3.8) is 0 Å². The number of anilines is 4. The highest BCUT2D eigenvalue weighted by molar-refractivity contribution is 7.00. The van der Waals surface area contributed by atoms with Crippen LogP contribution in [0.25, 0.3) is 0 Å². The molecule has 4 aliphatic heterocycles. The average Bonchev–Trinajstić information content (AvgIpc) is 3.24. The molecule has 0 radical (unpaired) electrons. The summed E-state index contributed by atoms with van der Waals surface area (Å²) in [6.07, 6.45) is 8.57. The molecule has 6 aliphatic rings. The Morgan fingerprint density at radius 2 is 1.47 bits per heavy atom. The number of hydrogen-bond acceptors (Lipinski definition) is 2. The maximum Gasteiger partial charge on any atom is 0.252 e. The van der Waals surface area contributed by atoms with E-state index in [0.29, 0.717) is 0 Å². The minimum atomic E-state index is -0.977. The third kappa shape index (κ3) is 2.33. The van der Waals surface area contributed by atoms with Gasteiger partial charge in [-0.05, 0) is 98.6 Å². The lowest BCUT2D eigenvalue weighted by atomic mass is 9.33. The van der Waals surface area contributed by atoms with Crippen LogP contribution in [0.2, 0.25) is 0 Å². The molecule has 0 amide bonds. The first-order valence-corrected chi connectivity index (χ1v) is 15.1. The molecule has 0 spiro atoms. The lowest BCUT2D eigenvalue weighted by Gasteiger charge is -2.53. The number of hydrogen-bond donors (Lipinski definition) is 0. The first kappa shape index (κ1) is 20.3. The highest BCUT2D eigenvalue weighted by Gasteiger charge is 2.62. The summed E-state index contributed by atoms with van der Waals surface area (Å²) in [7, 11) is 0. The minimum absolute atomic E-state index is 0.0222. The predicted octanol–water partition coefficient (Wildman–Crippen LogP) is 6.67. The van der Waals surface area contributed by atoms with Gasteiger partial charge in [0.2, 0.25) is 0 Å². The van der Waals surface area contributed by atoms with Gasteiger partial charge in [0.1, 0.15) is 0 Å². The molecule has 2 saturated carbocycles. The molecule has 0 aromatic heterocycles. The molecule has 0 saturated heterocycles. The van der Waals surface area contributed by atoms with Crippen LogP contribution in [0, 0.1) is 20.8 Å². The molecule has 2 fully saturated rings. The lowest BCUT2D eigenvalue weighted by Crippen LogP contribution is -2.65. The van der Waals surface area contributed by atoms with Crippen LogP contribution in [0.15, 0.2) is 36.4 Å². The topological polar surface area (TPSA) is 6.48 Å². The van der Waals surface area contributed by atoms with Gasteiger partial charge in [-0.15, -0.1) is 0 Å². The summed E-state index contributed by atoms with van der Waals surface area (Å²) in [6.45, 7) is 12.0. The Morgan fingerprint density at radius 3 is 2.32 bits per heavy atom. The molecule has 4 atom stereocenters. The van der Waals surface area contributed by atoms with Crippen LogP contribution in [0.1, 0.15) is 102 Å². The molecule has 4 heterocycles. The highest BCUT2D eigenvalue weighted by atomic mass is 15.3. The van der Waals surface area contributed by atoms with Gasteiger partial charge in [0.25, 0.3) is 6.71 Å². The highest BCUT2D eigenvalue weighted by Crippen LogP contribution is 2.62. The number of fused-ring (bicyclic) bond motifs is 10. The van der Waals surface area contributed by atoms with Crippen molar-refractivity contribution in [1.82, 2.24) is 0 Å². The van der Waals surface area contributed by atoms with E-state index in [9.17, 15) is 2.74 Å². The van der Waals surface area contributed by atoms with E-state index in [1.807, 2.05) is 0 Å². The summed E-state index contributed by atoms with van der Waals surface area (Å²) in [5.41, 5.74) is 16.0. The van der Waals surface area contributed by atoms with Crippen LogP contribution in [0.5, 0.6) is 0 Å². The smallest absolute Gasteiger partial charge is 0.252 e. The van der Waals surface area contributed by atoms with Gasteiger partial charge in [0, 0.05) is 41.4 Å². The van der Waals surface area contributed by atoms with Crippen LogP contribution in [0.3, 0.4) is 0 Å². The monoisotopic (exact) mass is 500 g/mol. The summed E-state index contributed by atoms with van der Waals surface area (Å²) in [5, 5.41) is 0. The Bertz CT molecular complexity index is 1580. The summed E-state index contributed by atoms with van der Waals surface area (Å²) in [5.74, 6) is -0.906. The third-order valence-corrected chi connectivity index (χ3v) is 11.6. The Hall–Kier alpha value is -2.68. The molecule has 3 aromatic carbocycles. The van der Waals surface area contributed by atoms with Gasteiger partial charge >= 0.3 is 0 Å². The van der Waals surface area contributed by atoms with E-state index >= 15 is 0 Å². The quantitative estimate of drug-likeness (QED) is 0.318. The van der Waals surface area contributed by atoms with Crippen molar-refractivity contribution in [3.8, 4) is 0 Å². The van der Waals surface area contributed by atoms with Crippen molar-refractivity contribution in [3.05, 3.63) is 64.2 Å². The predicted molar refractivity (Wildman–Crippen MR) is 162 cm³/mol. The van der Waals surface area contributed by atoms with Crippen LogP contribution in [-0.4, -0.2) is 18.3 Å². The molecule has 3 aromatic rings. The fraction of sp³-hybridized carbons (Fsp3) is 0.486. The van der Waals surface area contributed by atoms with Crippen LogP contribution in [-0.2, 0) is 5.41 Å². The van der Waals surface area contributed by atoms with Crippen molar-refractivity contribution >= 4 is 45.9 Å². The van der Waals surface area contributed by atoms with Gasteiger partial charge in [-0.3, -0.25) is 0 Å². The molecule has 4 unspecified atom stereocenters. The largest absolute Gasteiger partial charge is 0.338 e. The maximum atomic E-state index is 10.1. The zero-order valence-corrected chi connectivity index (χ0v) is 23.6. The normalized spacial score (nSPS) is 35.7. The van der Waals surface area contributed by atoms with E-state index in [0.717, 1.165) is 31.2 Å². The Balaban J connectivity index is 1.45. The second kappa shape index (κ2) is 6.90. The van der Waals surface area contributed by atoms with E-state index in [-0.39, 0.29) is 17.7 Å². The van der Waals surface area contributed by atoms with E-state index < -0.39 is 11.9 Å². The SMILES string of the molecule is [2H]C12CCCCC1([2H])N1c3cc(C)cc4c3B(c3cc(C)cc2c31)c1cc(C)cc2c1N4C1(C)CCCCC21C. The zero-order chi connectivity index (χ0) is 27.6. The third-order valence-electron chi connectivity index (χ3n) is 11.6. The molecule has 0 bridgehead atoms. The molecule has 0 N–H and O–H groups in total. The zero-order valence-electron chi connectivity index (χ0n) is 25.6. The van der Waals surface area contributed by atoms with Crippen molar-refractivity contribution in [2.24, 2.45) is 0 Å². The first-order chi connectivity index (χ1) is 19.0. The second-order valence-electron chi connectivity index (χ2n) is 13.8. The van der Waals surface area contributed by atoms with Crippen molar-refractivity contribution in [2.75, 3.05) is 9.80 Å². The molecule has 2 nitrogen and oxygen atoms in total. The average molecular weight is 501 g/mol. The molecule has 192 valence electrons. The molecule has 3 heteroatoms. The van der Waals surface area contributed by atoms with Gasteiger partial charge < -0.3 is 9.80 Å². The fourth-order valence-corrected chi connectivity index (χ4v) is 9.84. The molecular weight excluding hydrogens is 459 g/mol. The van der Waals surface area contributed by atoms with Gasteiger partial charge in [0.15, 0.2) is 0 Å². The van der Waals surface area contributed by atoms with Crippen LogP contribution >= 0.6 is 0 Å². The molecular formula is C35H39BN2. The van der Waals surface area contributed by atoms with Gasteiger partial charge in [0.05, 0.1) is 6.91 Å². The van der Waals surface area contributed by atoms with Crippen molar-refractivity contribution in [1.29, 1.82) is 0 Å². The van der Waals surface area contributed by atoms with E-state index in [1.165, 1.54) is 81.5 Å². The number of rotatable bonds is 0. The van der Waals surface area contributed by atoms with Crippen molar-refractivity contribution in [2.45, 2.75) is 109 Å². The standard InChI is InChI=1S/C35H39BN2/c1-20-14-24-23-10-6-7-11-28(23)37-29-18-22(3)19-30-31(29)36(26(16-20)32(24)37)27-17-21(2)15-25-33(27)38(30)35(5)13-9-8-12-34(25,35)4/h14-19,23,28H,6-13H2,1-5H3/i23D,28D. The number of aryl methyl sites for hydroxylation is 3. The van der Waals surface area contributed by atoms with Crippen LogP contribution < -0.4 is 26.2 Å². The summed E-state index contributed by atoms with van der Waals surface area (Å²) in [4.78, 5) is 5.15. The molecule has 9 rings (SSSR count). The van der Waals surface area contributed by atoms with Gasteiger partial charge in [-0.2, -0.15) is 0 Å². The van der Waals surface area contributed by atoms with E-state index in [4.69, 9.17) is 0 Å². The Labute approximate surface area is 231 Å². The Morgan fingerprint density at radius 1 is 0.789 bits per heavy atom.